The second kappa shape index (κ2) is 6.54. The molecule has 1 aromatic rings. The Morgan fingerprint density at radius 1 is 1.39 bits per heavy atom. The standard InChI is InChI=1S/C18H23ClN2O2/c1-12-15-11-13(19)3-5-17(15)21(10-8-18(22)23)9-7-14-4-6-16(12)20(14)2/h3,5,11,14,16H,1,4,6-10H2,2H3,(H,22,23). The number of carbonyl (C=O) groups is 1. The molecule has 1 saturated heterocycles. The molecule has 2 bridgehead atoms. The molecule has 4 nitrogen and oxygen atoms in total. The number of halogens is 1. The Kier molecular flexibility index (Phi) is 4.64. The van der Waals surface area contributed by atoms with Crippen molar-refractivity contribution in [3.8, 4) is 0 Å². The molecule has 1 N–H and O–H groups in total. The Labute approximate surface area is 142 Å². The molecule has 0 saturated carbocycles. The third-order valence-electron chi connectivity index (χ3n) is 5.22. The minimum atomic E-state index is -0.766. The number of rotatable bonds is 3. The summed E-state index contributed by atoms with van der Waals surface area (Å²) in [7, 11) is 2.17. The molecule has 5 heteroatoms. The van der Waals surface area contributed by atoms with Crippen LogP contribution in [0.25, 0.3) is 5.57 Å². The molecule has 2 aliphatic heterocycles. The summed E-state index contributed by atoms with van der Waals surface area (Å²) in [4.78, 5) is 15.6. The van der Waals surface area contributed by atoms with E-state index in [4.69, 9.17) is 16.7 Å². The van der Waals surface area contributed by atoms with Gasteiger partial charge in [-0.2, -0.15) is 0 Å². The fourth-order valence-electron chi connectivity index (χ4n) is 3.89. The lowest BCUT2D eigenvalue weighted by Gasteiger charge is -2.28. The van der Waals surface area contributed by atoms with Gasteiger partial charge in [0.2, 0.25) is 0 Å². The van der Waals surface area contributed by atoms with Crippen LogP contribution in [0.1, 0.15) is 31.2 Å². The second-order valence-electron chi connectivity index (χ2n) is 6.52. The van der Waals surface area contributed by atoms with Crippen molar-refractivity contribution >= 4 is 28.8 Å². The molecule has 2 aliphatic rings. The molecule has 0 radical (unpaired) electrons. The quantitative estimate of drug-likeness (QED) is 0.918. The van der Waals surface area contributed by atoms with Crippen molar-refractivity contribution in [1.82, 2.24) is 4.90 Å². The van der Waals surface area contributed by atoms with Gasteiger partial charge in [0.05, 0.1) is 6.42 Å². The zero-order valence-corrected chi connectivity index (χ0v) is 14.2. The van der Waals surface area contributed by atoms with E-state index in [1.54, 1.807) is 0 Å². The Hall–Kier alpha value is -1.52. The topological polar surface area (TPSA) is 43.8 Å². The van der Waals surface area contributed by atoms with Crippen LogP contribution in [-0.4, -0.2) is 48.2 Å². The van der Waals surface area contributed by atoms with Crippen LogP contribution >= 0.6 is 11.6 Å². The second-order valence-corrected chi connectivity index (χ2v) is 6.96. The smallest absolute Gasteiger partial charge is 0.305 e. The first kappa shape index (κ1) is 16.3. The van der Waals surface area contributed by atoms with Gasteiger partial charge in [-0.15, -0.1) is 0 Å². The van der Waals surface area contributed by atoms with Gasteiger partial charge in [0, 0.05) is 41.4 Å². The maximum Gasteiger partial charge on any atom is 0.305 e. The van der Waals surface area contributed by atoms with E-state index in [9.17, 15) is 4.79 Å². The molecule has 0 aromatic heterocycles. The highest BCUT2D eigenvalue weighted by molar-refractivity contribution is 6.30. The van der Waals surface area contributed by atoms with E-state index in [1.165, 1.54) is 6.42 Å². The van der Waals surface area contributed by atoms with E-state index < -0.39 is 5.97 Å². The minimum absolute atomic E-state index is 0.137. The summed E-state index contributed by atoms with van der Waals surface area (Å²) in [5.41, 5.74) is 3.21. The number of aliphatic carboxylic acids is 1. The highest BCUT2D eigenvalue weighted by atomic mass is 35.5. The Morgan fingerprint density at radius 3 is 2.91 bits per heavy atom. The number of hydrogen-bond donors (Lipinski definition) is 1. The molecule has 0 spiro atoms. The number of carboxylic acid groups (broad SMARTS) is 1. The van der Waals surface area contributed by atoms with Crippen LogP contribution in [0.5, 0.6) is 0 Å². The van der Waals surface area contributed by atoms with E-state index in [0.717, 1.165) is 36.2 Å². The third kappa shape index (κ3) is 3.24. The lowest BCUT2D eigenvalue weighted by atomic mass is 9.95. The number of nitrogens with zero attached hydrogens (tertiary/aromatic N) is 2. The van der Waals surface area contributed by atoms with Gasteiger partial charge in [-0.05, 0) is 50.1 Å². The average molecular weight is 335 g/mol. The molecule has 0 aliphatic carbocycles. The lowest BCUT2D eigenvalue weighted by molar-refractivity contribution is -0.136. The van der Waals surface area contributed by atoms with Crippen LogP contribution in [0.3, 0.4) is 0 Å². The molecule has 1 fully saturated rings. The highest BCUT2D eigenvalue weighted by Crippen LogP contribution is 2.39. The summed E-state index contributed by atoms with van der Waals surface area (Å²) in [6.07, 6.45) is 3.48. The summed E-state index contributed by atoms with van der Waals surface area (Å²) in [6, 6.07) is 6.73. The zero-order valence-electron chi connectivity index (χ0n) is 13.5. The zero-order chi connectivity index (χ0) is 16.6. The van der Waals surface area contributed by atoms with Gasteiger partial charge < -0.3 is 10.0 Å². The number of anilines is 1. The van der Waals surface area contributed by atoms with E-state index in [1.807, 2.05) is 18.2 Å². The number of hydrogen-bond acceptors (Lipinski definition) is 3. The number of benzene rings is 1. The van der Waals surface area contributed by atoms with Gasteiger partial charge in [-0.25, -0.2) is 0 Å². The molecule has 2 atom stereocenters. The van der Waals surface area contributed by atoms with Crippen molar-refractivity contribution in [1.29, 1.82) is 0 Å². The molecule has 23 heavy (non-hydrogen) atoms. The fourth-order valence-corrected chi connectivity index (χ4v) is 4.06. The average Bonchev–Trinajstić information content (AvgIpc) is 2.88. The molecule has 2 heterocycles. The van der Waals surface area contributed by atoms with Gasteiger partial charge in [0.25, 0.3) is 0 Å². The van der Waals surface area contributed by atoms with Gasteiger partial charge in [-0.3, -0.25) is 9.69 Å². The van der Waals surface area contributed by atoms with Crippen molar-refractivity contribution in [3.63, 3.8) is 0 Å². The number of fused-ring (bicyclic) bond motifs is 3. The number of carboxylic acids is 1. The summed E-state index contributed by atoms with van der Waals surface area (Å²) in [6.45, 7) is 5.73. The monoisotopic (exact) mass is 334 g/mol. The predicted molar refractivity (Wildman–Crippen MR) is 94.1 cm³/mol. The van der Waals surface area contributed by atoms with Crippen LogP contribution in [0.2, 0.25) is 5.02 Å². The molecule has 1 aromatic carbocycles. The fraction of sp³-hybridized carbons (Fsp3) is 0.500. The lowest BCUT2D eigenvalue weighted by Crippen LogP contribution is -2.34. The van der Waals surface area contributed by atoms with Crippen LogP contribution in [-0.2, 0) is 4.79 Å². The molecular weight excluding hydrogens is 312 g/mol. The van der Waals surface area contributed by atoms with E-state index in [0.29, 0.717) is 23.7 Å². The van der Waals surface area contributed by atoms with Crippen LogP contribution in [0.15, 0.2) is 24.8 Å². The van der Waals surface area contributed by atoms with Crippen LogP contribution in [0.4, 0.5) is 5.69 Å². The first-order valence-corrected chi connectivity index (χ1v) is 8.52. The van der Waals surface area contributed by atoms with Crippen molar-refractivity contribution in [3.05, 3.63) is 35.4 Å². The third-order valence-corrected chi connectivity index (χ3v) is 5.45. The maximum atomic E-state index is 11.0. The largest absolute Gasteiger partial charge is 0.481 e. The normalized spacial score (nSPS) is 24.8. The molecule has 0 amide bonds. The Morgan fingerprint density at radius 2 is 2.17 bits per heavy atom. The van der Waals surface area contributed by atoms with E-state index in [-0.39, 0.29) is 6.42 Å². The predicted octanol–water partition coefficient (Wildman–Crippen LogP) is 3.50. The van der Waals surface area contributed by atoms with Crippen LogP contribution < -0.4 is 4.90 Å². The van der Waals surface area contributed by atoms with Gasteiger partial charge in [-0.1, -0.05) is 18.2 Å². The minimum Gasteiger partial charge on any atom is -0.481 e. The highest BCUT2D eigenvalue weighted by Gasteiger charge is 2.35. The van der Waals surface area contributed by atoms with Gasteiger partial charge in [0.15, 0.2) is 0 Å². The molecule has 124 valence electrons. The van der Waals surface area contributed by atoms with E-state index in [2.05, 4.69) is 23.4 Å². The molecule has 2 unspecified atom stereocenters. The summed E-state index contributed by atoms with van der Waals surface area (Å²) in [5, 5.41) is 9.74. The molecular formula is C18H23ClN2O2. The summed E-state index contributed by atoms with van der Waals surface area (Å²) < 4.78 is 0. The number of likely N-dealkylation sites (N-methyl/N-ethyl adjacent to an activating group) is 1. The summed E-state index contributed by atoms with van der Waals surface area (Å²) >= 11 is 6.22. The maximum absolute atomic E-state index is 11.0. The molecule has 3 rings (SSSR count). The Balaban J connectivity index is 2.01. The van der Waals surface area contributed by atoms with Crippen molar-refractivity contribution in [2.24, 2.45) is 0 Å². The van der Waals surface area contributed by atoms with Crippen molar-refractivity contribution in [2.75, 3.05) is 25.0 Å². The van der Waals surface area contributed by atoms with Crippen LogP contribution in [0, 0.1) is 0 Å². The summed E-state index contributed by atoms with van der Waals surface area (Å²) in [5.74, 6) is -0.766. The SMILES string of the molecule is C=C1c2cc(Cl)ccc2N(CCC(=O)O)CCC2CCC1N2C. The first-order chi connectivity index (χ1) is 11.0. The first-order valence-electron chi connectivity index (χ1n) is 8.14. The van der Waals surface area contributed by atoms with Gasteiger partial charge >= 0.3 is 5.97 Å². The van der Waals surface area contributed by atoms with E-state index >= 15 is 0 Å². The Bertz CT molecular complexity index is 631. The van der Waals surface area contributed by atoms with Crippen molar-refractivity contribution in [2.45, 2.75) is 37.8 Å². The van der Waals surface area contributed by atoms with Crippen molar-refractivity contribution < 1.29 is 9.90 Å². The van der Waals surface area contributed by atoms with Gasteiger partial charge in [0.1, 0.15) is 0 Å².